The Bertz CT molecular complexity index is 376. The predicted octanol–water partition coefficient (Wildman–Crippen LogP) is 1.71. The molecule has 0 aliphatic carbocycles. The Morgan fingerprint density at radius 1 is 1.54 bits per heavy atom. The van der Waals surface area contributed by atoms with Gasteiger partial charge in [-0.2, -0.15) is 0 Å². The van der Waals surface area contributed by atoms with Gasteiger partial charge in [-0.15, -0.1) is 11.3 Å². The van der Waals surface area contributed by atoms with Crippen LogP contribution in [-0.2, 0) is 9.53 Å². The fourth-order valence-corrected chi connectivity index (χ4v) is 1.94. The van der Waals surface area contributed by atoms with Crippen LogP contribution in [0.25, 0.3) is 0 Å². The molecule has 1 N–H and O–H groups in total. The average molecular weight is 218 g/mol. The molecular weight excluding hydrogens is 214 g/mol. The molecule has 0 spiro atoms. The van der Waals surface area contributed by atoms with Crippen molar-refractivity contribution in [2.75, 3.05) is 0 Å². The summed E-state index contributed by atoms with van der Waals surface area (Å²) in [5.41, 5.74) is 0.610. The largest absolute Gasteiger partial charge is 0.431 e. The lowest BCUT2D eigenvalue weighted by Crippen LogP contribution is -2.20. The summed E-state index contributed by atoms with van der Waals surface area (Å²) in [7, 11) is 0. The van der Waals surface area contributed by atoms with E-state index in [0.717, 1.165) is 0 Å². The number of halogens is 1. The number of alkyl carbamates (subject to hydrolysis) is 1. The highest BCUT2D eigenvalue weighted by atomic mass is 35.5. The summed E-state index contributed by atoms with van der Waals surface area (Å²) in [5, 5.41) is 3.72. The van der Waals surface area contributed by atoms with Gasteiger partial charge in [-0.25, -0.2) is 4.79 Å². The summed E-state index contributed by atoms with van der Waals surface area (Å²) in [6.45, 7) is 0. The third-order valence-electron chi connectivity index (χ3n) is 1.58. The predicted molar refractivity (Wildman–Crippen MR) is 46.7 cm³/mol. The van der Waals surface area contributed by atoms with Crippen molar-refractivity contribution in [2.45, 2.75) is 6.10 Å². The Balaban J connectivity index is 2.27. The minimum atomic E-state index is -0.837. The van der Waals surface area contributed by atoms with Crippen molar-refractivity contribution in [1.82, 2.24) is 5.32 Å². The summed E-state index contributed by atoms with van der Waals surface area (Å²) in [4.78, 5) is 21.8. The number of carbonyl (C=O) groups excluding carboxylic acids is 2. The maximum Gasteiger partial charge on any atom is 0.415 e. The van der Waals surface area contributed by atoms with E-state index in [1.807, 2.05) is 5.32 Å². The van der Waals surface area contributed by atoms with Crippen LogP contribution in [0.2, 0.25) is 4.34 Å². The molecule has 2 rings (SSSR count). The topological polar surface area (TPSA) is 55.4 Å². The fraction of sp³-hybridized carbons (Fsp3) is 0.143. The first-order valence-corrected chi connectivity index (χ1v) is 4.68. The highest BCUT2D eigenvalue weighted by molar-refractivity contribution is 7.14. The number of hydrogen-bond donors (Lipinski definition) is 1. The highest BCUT2D eigenvalue weighted by Crippen LogP contribution is 2.29. The van der Waals surface area contributed by atoms with Crippen molar-refractivity contribution in [3.05, 3.63) is 21.3 Å². The second kappa shape index (κ2) is 3.01. The number of imide groups is 1. The number of rotatable bonds is 1. The molecule has 1 aromatic rings. The zero-order valence-corrected chi connectivity index (χ0v) is 7.82. The van der Waals surface area contributed by atoms with Gasteiger partial charge in [-0.05, 0) is 11.4 Å². The molecule has 1 unspecified atom stereocenters. The van der Waals surface area contributed by atoms with E-state index < -0.39 is 18.1 Å². The van der Waals surface area contributed by atoms with Crippen LogP contribution in [0.4, 0.5) is 4.79 Å². The van der Waals surface area contributed by atoms with E-state index in [2.05, 4.69) is 0 Å². The Hall–Kier alpha value is -1.07. The lowest BCUT2D eigenvalue weighted by atomic mass is 10.2. The minimum Gasteiger partial charge on any atom is -0.431 e. The maximum atomic E-state index is 11.1. The highest BCUT2D eigenvalue weighted by Gasteiger charge is 2.33. The number of cyclic esters (lactones) is 1. The molecule has 0 bridgehead atoms. The lowest BCUT2D eigenvalue weighted by Gasteiger charge is -2.01. The second-order valence-corrected chi connectivity index (χ2v) is 4.00. The Kier molecular flexibility index (Phi) is 1.97. The molecule has 2 heterocycles. The molecule has 2 amide bonds. The summed E-state index contributed by atoms with van der Waals surface area (Å²) in [6.07, 6.45) is -1.55. The number of thiophene rings is 1. The molecule has 1 atom stereocenters. The molecule has 0 aromatic carbocycles. The van der Waals surface area contributed by atoms with Crippen molar-refractivity contribution in [1.29, 1.82) is 0 Å². The van der Waals surface area contributed by atoms with Crippen LogP contribution in [0.3, 0.4) is 0 Å². The third-order valence-corrected chi connectivity index (χ3v) is 2.69. The molecule has 1 aromatic heterocycles. The van der Waals surface area contributed by atoms with Gasteiger partial charge in [0.05, 0.1) is 4.34 Å². The number of hydrogen-bond acceptors (Lipinski definition) is 4. The normalized spacial score (nSPS) is 21.5. The number of nitrogens with one attached hydrogen (secondary N) is 1. The van der Waals surface area contributed by atoms with Gasteiger partial charge in [0.1, 0.15) is 0 Å². The van der Waals surface area contributed by atoms with Crippen molar-refractivity contribution in [3.63, 3.8) is 0 Å². The van der Waals surface area contributed by atoms with Crippen LogP contribution < -0.4 is 5.32 Å². The van der Waals surface area contributed by atoms with E-state index in [9.17, 15) is 9.59 Å². The summed E-state index contributed by atoms with van der Waals surface area (Å²) >= 11 is 6.96. The molecule has 4 nitrogen and oxygen atoms in total. The van der Waals surface area contributed by atoms with Crippen LogP contribution in [0.1, 0.15) is 11.7 Å². The van der Waals surface area contributed by atoms with E-state index in [4.69, 9.17) is 16.3 Å². The summed E-state index contributed by atoms with van der Waals surface area (Å²) < 4.78 is 5.28. The number of amides is 2. The van der Waals surface area contributed by atoms with Gasteiger partial charge < -0.3 is 4.74 Å². The van der Waals surface area contributed by atoms with Crippen LogP contribution in [0.15, 0.2) is 11.4 Å². The molecule has 1 aliphatic rings. The van der Waals surface area contributed by atoms with E-state index >= 15 is 0 Å². The lowest BCUT2D eigenvalue weighted by molar-refractivity contribution is -0.123. The van der Waals surface area contributed by atoms with Gasteiger partial charge in [0.15, 0.2) is 0 Å². The smallest absolute Gasteiger partial charge is 0.415 e. The number of ether oxygens (including phenoxy) is 1. The molecule has 13 heavy (non-hydrogen) atoms. The van der Waals surface area contributed by atoms with E-state index in [1.165, 1.54) is 11.3 Å². The van der Waals surface area contributed by atoms with Gasteiger partial charge >= 0.3 is 6.09 Å². The van der Waals surface area contributed by atoms with Gasteiger partial charge in [0.2, 0.25) is 6.10 Å². The average Bonchev–Trinajstić information content (AvgIpc) is 2.58. The van der Waals surface area contributed by atoms with Crippen LogP contribution in [-0.4, -0.2) is 12.0 Å². The third kappa shape index (κ3) is 1.52. The zero-order chi connectivity index (χ0) is 9.42. The second-order valence-electron chi connectivity index (χ2n) is 2.46. The standard InChI is InChI=1S/C7H4ClNO3S/c8-4-1-3(2-13-4)5-6(10)9-7(11)12-5/h1-2,5H,(H,9,10,11). The quantitative estimate of drug-likeness (QED) is 0.779. The SMILES string of the molecule is O=C1NC(=O)C(c2csc(Cl)c2)O1. The van der Waals surface area contributed by atoms with Crippen LogP contribution >= 0.6 is 22.9 Å². The van der Waals surface area contributed by atoms with Crippen LogP contribution in [0, 0.1) is 0 Å². The maximum absolute atomic E-state index is 11.1. The first kappa shape index (κ1) is 8.52. The van der Waals surface area contributed by atoms with Gasteiger partial charge in [0.25, 0.3) is 5.91 Å². The summed E-state index contributed by atoms with van der Waals surface area (Å²) in [5.74, 6) is -0.445. The molecule has 1 aliphatic heterocycles. The van der Waals surface area contributed by atoms with Crippen LogP contribution in [0.5, 0.6) is 0 Å². The molecule has 68 valence electrons. The minimum absolute atomic E-state index is 0.445. The molecular formula is C7H4ClNO3S. The van der Waals surface area contributed by atoms with Gasteiger partial charge in [-0.1, -0.05) is 11.6 Å². The van der Waals surface area contributed by atoms with Gasteiger partial charge in [0, 0.05) is 5.56 Å². The molecule has 1 fully saturated rings. The first-order chi connectivity index (χ1) is 6.16. The summed E-state index contributed by atoms with van der Waals surface area (Å²) in [6, 6.07) is 1.61. The van der Waals surface area contributed by atoms with E-state index in [-0.39, 0.29) is 0 Å². The van der Waals surface area contributed by atoms with E-state index in [0.29, 0.717) is 9.90 Å². The van der Waals surface area contributed by atoms with Crippen molar-refractivity contribution in [3.8, 4) is 0 Å². The van der Waals surface area contributed by atoms with Crippen molar-refractivity contribution < 1.29 is 14.3 Å². The first-order valence-electron chi connectivity index (χ1n) is 3.42. The van der Waals surface area contributed by atoms with Crippen molar-refractivity contribution in [2.24, 2.45) is 0 Å². The Labute approximate surface area is 82.5 Å². The monoisotopic (exact) mass is 217 g/mol. The molecule has 0 radical (unpaired) electrons. The molecule has 1 saturated heterocycles. The van der Waals surface area contributed by atoms with Gasteiger partial charge in [-0.3, -0.25) is 10.1 Å². The molecule has 0 saturated carbocycles. The fourth-order valence-electron chi connectivity index (χ4n) is 1.04. The Morgan fingerprint density at radius 2 is 2.31 bits per heavy atom. The van der Waals surface area contributed by atoms with Crippen molar-refractivity contribution >= 4 is 34.9 Å². The molecule has 6 heteroatoms. The van der Waals surface area contributed by atoms with E-state index in [1.54, 1.807) is 11.4 Å². The zero-order valence-electron chi connectivity index (χ0n) is 6.24. The number of carbonyl (C=O) groups is 2. The Morgan fingerprint density at radius 3 is 2.77 bits per heavy atom.